The van der Waals surface area contributed by atoms with Gasteiger partial charge in [-0.25, -0.2) is 0 Å². The van der Waals surface area contributed by atoms with Crippen LogP contribution >= 0.6 is 12.4 Å². The highest BCUT2D eigenvalue weighted by Crippen LogP contribution is 2.46. The molecule has 0 spiro atoms. The SMILES string of the molecule is CC1(CN2CCC3NCCC3C2)CC1.Cl. The molecule has 0 aromatic heterocycles. The summed E-state index contributed by atoms with van der Waals surface area (Å²) < 4.78 is 0. The number of piperidine rings is 1. The largest absolute Gasteiger partial charge is 0.314 e. The summed E-state index contributed by atoms with van der Waals surface area (Å²) in [7, 11) is 0. The van der Waals surface area contributed by atoms with Crippen molar-refractivity contribution in [3.8, 4) is 0 Å². The number of rotatable bonds is 2. The lowest BCUT2D eigenvalue weighted by Gasteiger charge is -2.36. The predicted molar refractivity (Wildman–Crippen MR) is 65.5 cm³/mol. The van der Waals surface area contributed by atoms with Crippen molar-refractivity contribution in [2.45, 2.75) is 38.6 Å². The number of fused-ring (bicyclic) bond motifs is 1. The Bertz CT molecular complexity index is 228. The maximum atomic E-state index is 3.63. The molecule has 2 saturated heterocycles. The quantitative estimate of drug-likeness (QED) is 0.780. The van der Waals surface area contributed by atoms with Crippen molar-refractivity contribution in [3.05, 3.63) is 0 Å². The second-order valence-electron chi connectivity index (χ2n) is 5.94. The Kier molecular flexibility index (Phi) is 3.30. The van der Waals surface area contributed by atoms with E-state index in [1.54, 1.807) is 0 Å². The third kappa shape index (κ3) is 2.48. The number of hydrogen-bond acceptors (Lipinski definition) is 2. The highest BCUT2D eigenvalue weighted by Gasteiger charge is 2.41. The molecule has 88 valence electrons. The fourth-order valence-electron chi connectivity index (χ4n) is 3.18. The van der Waals surface area contributed by atoms with Crippen molar-refractivity contribution in [1.29, 1.82) is 0 Å². The van der Waals surface area contributed by atoms with Gasteiger partial charge in [-0.3, -0.25) is 0 Å². The molecule has 3 fully saturated rings. The Morgan fingerprint density at radius 3 is 2.87 bits per heavy atom. The van der Waals surface area contributed by atoms with Gasteiger partial charge in [0.25, 0.3) is 0 Å². The van der Waals surface area contributed by atoms with Crippen LogP contribution in [0, 0.1) is 11.3 Å². The lowest BCUT2D eigenvalue weighted by atomic mass is 9.92. The molecular formula is C12H23ClN2. The molecule has 0 bridgehead atoms. The fraction of sp³-hybridized carbons (Fsp3) is 1.00. The van der Waals surface area contributed by atoms with E-state index in [9.17, 15) is 0 Å². The normalized spacial score (nSPS) is 38.2. The second kappa shape index (κ2) is 4.23. The van der Waals surface area contributed by atoms with Crippen molar-refractivity contribution >= 4 is 12.4 Å². The van der Waals surface area contributed by atoms with E-state index in [0.717, 1.165) is 12.0 Å². The first-order chi connectivity index (χ1) is 6.75. The molecule has 2 aliphatic heterocycles. The Hall–Kier alpha value is 0.210. The summed E-state index contributed by atoms with van der Waals surface area (Å²) in [5.74, 6) is 0.964. The summed E-state index contributed by atoms with van der Waals surface area (Å²) in [4.78, 5) is 2.72. The highest BCUT2D eigenvalue weighted by atomic mass is 35.5. The predicted octanol–water partition coefficient (Wildman–Crippen LogP) is 1.89. The molecule has 3 rings (SSSR count). The summed E-state index contributed by atoms with van der Waals surface area (Å²) in [6.07, 6.45) is 5.74. The standard InChI is InChI=1S/C12H22N2.ClH/c1-12(4-5-12)9-14-7-3-11-10(8-14)2-6-13-11;/h10-11,13H,2-9H2,1H3;1H. The molecule has 1 N–H and O–H groups in total. The summed E-state index contributed by atoms with van der Waals surface area (Å²) in [5, 5.41) is 3.63. The Morgan fingerprint density at radius 1 is 1.33 bits per heavy atom. The molecule has 3 aliphatic rings. The first kappa shape index (κ1) is 11.7. The zero-order valence-corrected chi connectivity index (χ0v) is 10.5. The molecule has 2 heterocycles. The summed E-state index contributed by atoms with van der Waals surface area (Å²) in [6.45, 7) is 7.79. The van der Waals surface area contributed by atoms with Gasteiger partial charge < -0.3 is 10.2 Å². The van der Waals surface area contributed by atoms with E-state index in [-0.39, 0.29) is 12.4 Å². The maximum absolute atomic E-state index is 3.63. The third-order valence-electron chi connectivity index (χ3n) is 4.45. The van der Waals surface area contributed by atoms with Gasteiger partial charge in [-0.1, -0.05) is 6.92 Å². The second-order valence-corrected chi connectivity index (χ2v) is 5.94. The van der Waals surface area contributed by atoms with E-state index in [1.165, 1.54) is 51.9 Å². The van der Waals surface area contributed by atoms with Crippen LogP contribution in [0.1, 0.15) is 32.6 Å². The molecule has 1 saturated carbocycles. The third-order valence-corrected chi connectivity index (χ3v) is 4.45. The monoisotopic (exact) mass is 230 g/mol. The van der Waals surface area contributed by atoms with Crippen molar-refractivity contribution in [1.82, 2.24) is 10.2 Å². The molecule has 0 amide bonds. The maximum Gasteiger partial charge on any atom is 0.0120 e. The average Bonchev–Trinajstić information content (AvgIpc) is 2.73. The van der Waals surface area contributed by atoms with Gasteiger partial charge in [0, 0.05) is 19.1 Å². The van der Waals surface area contributed by atoms with E-state index in [1.807, 2.05) is 0 Å². The van der Waals surface area contributed by atoms with E-state index >= 15 is 0 Å². The van der Waals surface area contributed by atoms with Gasteiger partial charge in [0.1, 0.15) is 0 Å². The van der Waals surface area contributed by atoms with Crippen molar-refractivity contribution in [3.63, 3.8) is 0 Å². The van der Waals surface area contributed by atoms with Crippen molar-refractivity contribution in [2.24, 2.45) is 11.3 Å². The molecule has 1 aliphatic carbocycles. The molecule has 2 atom stereocenters. The van der Waals surface area contributed by atoms with Gasteiger partial charge >= 0.3 is 0 Å². The molecular weight excluding hydrogens is 208 g/mol. The molecule has 2 nitrogen and oxygen atoms in total. The van der Waals surface area contributed by atoms with Gasteiger partial charge in [0.2, 0.25) is 0 Å². The van der Waals surface area contributed by atoms with Crippen LogP contribution in [0.15, 0.2) is 0 Å². The van der Waals surface area contributed by atoms with E-state index in [0.29, 0.717) is 5.41 Å². The van der Waals surface area contributed by atoms with E-state index in [2.05, 4.69) is 17.1 Å². The summed E-state index contributed by atoms with van der Waals surface area (Å²) in [5.41, 5.74) is 0.707. The number of nitrogens with one attached hydrogen (secondary N) is 1. The van der Waals surface area contributed by atoms with Crippen LogP contribution < -0.4 is 5.32 Å². The first-order valence-corrected chi connectivity index (χ1v) is 6.21. The zero-order chi connectivity index (χ0) is 9.60. The average molecular weight is 231 g/mol. The minimum Gasteiger partial charge on any atom is -0.314 e. The Labute approximate surface area is 99.2 Å². The summed E-state index contributed by atoms with van der Waals surface area (Å²) >= 11 is 0. The van der Waals surface area contributed by atoms with Crippen LogP contribution in [-0.4, -0.2) is 37.1 Å². The van der Waals surface area contributed by atoms with Crippen molar-refractivity contribution in [2.75, 3.05) is 26.2 Å². The van der Waals surface area contributed by atoms with Crippen LogP contribution in [-0.2, 0) is 0 Å². The van der Waals surface area contributed by atoms with Gasteiger partial charge in [-0.2, -0.15) is 0 Å². The van der Waals surface area contributed by atoms with Crippen LogP contribution in [0.2, 0.25) is 0 Å². The zero-order valence-electron chi connectivity index (χ0n) is 9.67. The van der Waals surface area contributed by atoms with Gasteiger partial charge in [-0.15, -0.1) is 12.4 Å². The molecule has 0 aromatic carbocycles. The molecule has 3 heteroatoms. The van der Waals surface area contributed by atoms with Gasteiger partial charge in [-0.05, 0) is 50.1 Å². The minimum atomic E-state index is 0. The fourth-order valence-corrected chi connectivity index (χ4v) is 3.18. The summed E-state index contributed by atoms with van der Waals surface area (Å²) in [6, 6.07) is 0.859. The smallest absolute Gasteiger partial charge is 0.0120 e. The molecule has 0 radical (unpaired) electrons. The van der Waals surface area contributed by atoms with Crippen molar-refractivity contribution < 1.29 is 0 Å². The lowest BCUT2D eigenvalue weighted by molar-refractivity contribution is 0.139. The number of hydrogen-bond donors (Lipinski definition) is 1. The highest BCUT2D eigenvalue weighted by molar-refractivity contribution is 5.85. The van der Waals surface area contributed by atoms with E-state index in [4.69, 9.17) is 0 Å². The Balaban J connectivity index is 0.000000853. The number of likely N-dealkylation sites (tertiary alicyclic amines) is 1. The van der Waals surface area contributed by atoms with Crippen LogP contribution in [0.25, 0.3) is 0 Å². The number of halogens is 1. The van der Waals surface area contributed by atoms with Gasteiger partial charge in [0.15, 0.2) is 0 Å². The van der Waals surface area contributed by atoms with E-state index < -0.39 is 0 Å². The topological polar surface area (TPSA) is 15.3 Å². The van der Waals surface area contributed by atoms with Crippen LogP contribution in [0.5, 0.6) is 0 Å². The van der Waals surface area contributed by atoms with Gasteiger partial charge in [0.05, 0.1) is 0 Å². The van der Waals surface area contributed by atoms with Crippen LogP contribution in [0.3, 0.4) is 0 Å². The minimum absolute atomic E-state index is 0. The number of nitrogens with zero attached hydrogens (tertiary/aromatic N) is 1. The Morgan fingerprint density at radius 2 is 2.13 bits per heavy atom. The molecule has 15 heavy (non-hydrogen) atoms. The first-order valence-electron chi connectivity index (χ1n) is 6.21. The lowest BCUT2D eigenvalue weighted by Crippen LogP contribution is -2.45. The molecule has 0 aromatic rings. The molecule has 2 unspecified atom stereocenters. The van der Waals surface area contributed by atoms with Crippen LogP contribution in [0.4, 0.5) is 0 Å².